The number of hydrogen-bond acceptors (Lipinski definition) is 4. The van der Waals surface area contributed by atoms with Gasteiger partial charge in [-0.15, -0.1) is 0 Å². The zero-order chi connectivity index (χ0) is 22.0. The van der Waals surface area contributed by atoms with Gasteiger partial charge in [-0.2, -0.15) is 0 Å². The van der Waals surface area contributed by atoms with Gasteiger partial charge in [0.15, 0.2) is 0 Å². The van der Waals surface area contributed by atoms with E-state index in [1.54, 1.807) is 17.0 Å². The Labute approximate surface area is 188 Å². The molecule has 3 aromatic carbocycles. The lowest BCUT2D eigenvalue weighted by atomic mass is 10.0. The van der Waals surface area contributed by atoms with E-state index in [0.717, 1.165) is 26.9 Å². The molecule has 0 bridgehead atoms. The highest BCUT2D eigenvalue weighted by Crippen LogP contribution is 2.38. The van der Waals surface area contributed by atoms with Crippen molar-refractivity contribution in [3.8, 4) is 5.75 Å². The number of anilines is 1. The number of halogens is 1. The highest BCUT2D eigenvalue weighted by molar-refractivity contribution is 9.10. The van der Waals surface area contributed by atoms with E-state index in [2.05, 4.69) is 15.9 Å². The summed E-state index contributed by atoms with van der Waals surface area (Å²) in [6, 6.07) is 19.6. The molecule has 6 nitrogen and oxygen atoms in total. The van der Waals surface area contributed by atoms with Crippen LogP contribution in [0.2, 0.25) is 0 Å². The molecule has 0 saturated carbocycles. The number of fused-ring (bicyclic) bond motifs is 1. The molecule has 1 aliphatic heterocycles. The topological polar surface area (TPSA) is 72.7 Å². The monoisotopic (exact) mass is 478 g/mol. The van der Waals surface area contributed by atoms with Crippen molar-refractivity contribution in [1.29, 1.82) is 0 Å². The van der Waals surface area contributed by atoms with Crippen LogP contribution in [0.15, 0.2) is 71.2 Å². The Bertz CT molecular complexity index is 1190. The molecule has 7 heteroatoms. The predicted octanol–water partition coefficient (Wildman–Crippen LogP) is 5.84. The molecule has 1 heterocycles. The number of benzene rings is 3. The third-order valence-electron chi connectivity index (χ3n) is 5.09. The van der Waals surface area contributed by atoms with E-state index in [4.69, 9.17) is 4.74 Å². The SMILES string of the molecule is CCN1C(=O)/C(=C\c2cc(Br)ccc2OCc2ccc([N+](=O)[O-])cc2)c2ccccc21. The van der Waals surface area contributed by atoms with Crippen molar-refractivity contribution >= 4 is 44.9 Å². The van der Waals surface area contributed by atoms with E-state index in [1.807, 2.05) is 55.5 Å². The van der Waals surface area contributed by atoms with Crippen LogP contribution in [-0.2, 0) is 11.4 Å². The molecular formula is C24H19BrN2O4. The highest BCUT2D eigenvalue weighted by Gasteiger charge is 2.31. The van der Waals surface area contributed by atoms with Crippen LogP contribution in [0.1, 0.15) is 23.6 Å². The minimum atomic E-state index is -0.431. The Balaban J connectivity index is 1.65. The summed E-state index contributed by atoms with van der Waals surface area (Å²) in [5.41, 5.74) is 4.05. The normalized spacial score (nSPS) is 14.1. The number of carbonyl (C=O) groups is 1. The Morgan fingerprint density at radius 1 is 1.10 bits per heavy atom. The second kappa shape index (κ2) is 8.73. The first kappa shape index (κ1) is 20.8. The molecule has 31 heavy (non-hydrogen) atoms. The van der Waals surface area contributed by atoms with Gasteiger partial charge in [0.2, 0.25) is 0 Å². The first-order valence-electron chi connectivity index (χ1n) is 9.76. The summed E-state index contributed by atoms with van der Waals surface area (Å²) in [5.74, 6) is 0.583. The second-order valence-corrected chi connectivity index (χ2v) is 7.93. The summed E-state index contributed by atoms with van der Waals surface area (Å²) in [6.45, 7) is 2.80. The lowest BCUT2D eigenvalue weighted by molar-refractivity contribution is -0.384. The molecule has 1 amide bonds. The molecule has 0 N–H and O–H groups in total. The standard InChI is InChI=1S/C24H19BrN2O4/c1-2-26-22-6-4-3-5-20(22)21(24(26)28)14-17-13-18(25)9-12-23(17)31-15-16-7-10-19(11-8-16)27(29)30/h3-14H,2,15H2,1H3/b21-14-. The molecule has 3 aromatic rings. The molecule has 0 unspecified atom stereocenters. The number of amides is 1. The molecule has 0 saturated heterocycles. The van der Waals surface area contributed by atoms with Gasteiger partial charge >= 0.3 is 0 Å². The second-order valence-electron chi connectivity index (χ2n) is 7.02. The first-order valence-corrected chi connectivity index (χ1v) is 10.6. The number of likely N-dealkylation sites (N-methyl/N-ethyl adjacent to an activating group) is 1. The van der Waals surface area contributed by atoms with Gasteiger partial charge in [0.05, 0.1) is 10.6 Å². The molecule has 4 rings (SSSR count). The van der Waals surface area contributed by atoms with Crippen molar-refractivity contribution in [3.63, 3.8) is 0 Å². The number of rotatable bonds is 6. The van der Waals surface area contributed by atoms with E-state index in [1.165, 1.54) is 12.1 Å². The molecule has 0 aliphatic carbocycles. The van der Waals surface area contributed by atoms with E-state index >= 15 is 0 Å². The number of ether oxygens (including phenoxy) is 1. The van der Waals surface area contributed by atoms with Crippen LogP contribution in [0, 0.1) is 10.1 Å². The molecule has 156 valence electrons. The zero-order valence-corrected chi connectivity index (χ0v) is 18.3. The van der Waals surface area contributed by atoms with Crippen molar-refractivity contribution in [2.24, 2.45) is 0 Å². The largest absolute Gasteiger partial charge is 0.488 e. The van der Waals surface area contributed by atoms with E-state index in [0.29, 0.717) is 17.9 Å². The minimum Gasteiger partial charge on any atom is -0.488 e. The molecule has 0 radical (unpaired) electrons. The van der Waals surface area contributed by atoms with E-state index in [9.17, 15) is 14.9 Å². The number of nitro groups is 1. The molecule has 1 aliphatic rings. The summed E-state index contributed by atoms with van der Waals surface area (Å²) in [4.78, 5) is 25.2. The van der Waals surface area contributed by atoms with Gasteiger partial charge in [0.1, 0.15) is 12.4 Å². The van der Waals surface area contributed by atoms with E-state index in [-0.39, 0.29) is 18.2 Å². The summed E-state index contributed by atoms with van der Waals surface area (Å²) in [6.07, 6.45) is 1.85. The minimum absolute atomic E-state index is 0.0370. The first-order chi connectivity index (χ1) is 15.0. The van der Waals surface area contributed by atoms with Gasteiger partial charge in [-0.3, -0.25) is 14.9 Å². The van der Waals surface area contributed by atoms with Gasteiger partial charge < -0.3 is 9.64 Å². The number of non-ortho nitro benzene ring substituents is 1. The predicted molar refractivity (Wildman–Crippen MR) is 124 cm³/mol. The number of carbonyl (C=O) groups excluding carboxylic acids is 1. The molecule has 0 fully saturated rings. The van der Waals surface area contributed by atoms with Gasteiger partial charge in [-0.25, -0.2) is 0 Å². The third kappa shape index (κ3) is 4.22. The van der Waals surface area contributed by atoms with Crippen molar-refractivity contribution in [3.05, 3.63) is 98.0 Å². The molecular weight excluding hydrogens is 460 g/mol. The highest BCUT2D eigenvalue weighted by atomic mass is 79.9. The number of hydrogen-bond donors (Lipinski definition) is 0. The quantitative estimate of drug-likeness (QED) is 0.253. The van der Waals surface area contributed by atoms with Gasteiger partial charge in [-0.05, 0) is 55.0 Å². The summed E-state index contributed by atoms with van der Waals surface area (Å²) in [5, 5.41) is 10.8. The average molecular weight is 479 g/mol. The van der Waals surface area contributed by atoms with Crippen LogP contribution in [0.25, 0.3) is 11.6 Å². The fourth-order valence-electron chi connectivity index (χ4n) is 3.55. The summed E-state index contributed by atoms with van der Waals surface area (Å²) < 4.78 is 6.87. The Morgan fingerprint density at radius 2 is 1.84 bits per heavy atom. The van der Waals surface area contributed by atoms with Crippen LogP contribution < -0.4 is 9.64 Å². The van der Waals surface area contributed by atoms with E-state index < -0.39 is 4.92 Å². The van der Waals surface area contributed by atoms with Gasteiger partial charge in [-0.1, -0.05) is 34.1 Å². The molecule has 0 atom stereocenters. The Hall–Kier alpha value is -3.45. The third-order valence-corrected chi connectivity index (χ3v) is 5.58. The van der Waals surface area contributed by atoms with Crippen LogP contribution >= 0.6 is 15.9 Å². The van der Waals surface area contributed by atoms with Crippen molar-refractivity contribution < 1.29 is 14.5 Å². The maximum Gasteiger partial charge on any atom is 0.269 e. The lowest BCUT2D eigenvalue weighted by Crippen LogP contribution is -2.25. The maximum absolute atomic E-state index is 13.0. The van der Waals surface area contributed by atoms with Crippen LogP contribution in [0.3, 0.4) is 0 Å². The van der Waals surface area contributed by atoms with Gasteiger partial charge in [0, 0.05) is 39.9 Å². The van der Waals surface area contributed by atoms with Crippen molar-refractivity contribution in [2.75, 3.05) is 11.4 Å². The summed E-state index contributed by atoms with van der Waals surface area (Å²) in [7, 11) is 0. The number of nitro benzene ring substituents is 1. The van der Waals surface area contributed by atoms with Crippen LogP contribution in [-0.4, -0.2) is 17.4 Å². The number of para-hydroxylation sites is 1. The number of nitrogens with zero attached hydrogens (tertiary/aromatic N) is 2. The van der Waals surface area contributed by atoms with Crippen molar-refractivity contribution in [1.82, 2.24) is 0 Å². The maximum atomic E-state index is 13.0. The van der Waals surface area contributed by atoms with Gasteiger partial charge in [0.25, 0.3) is 11.6 Å². The molecule has 0 aromatic heterocycles. The van der Waals surface area contributed by atoms with Crippen LogP contribution in [0.5, 0.6) is 5.75 Å². The molecule has 0 spiro atoms. The van der Waals surface area contributed by atoms with Crippen LogP contribution in [0.4, 0.5) is 11.4 Å². The zero-order valence-electron chi connectivity index (χ0n) is 16.7. The van der Waals surface area contributed by atoms with Crippen molar-refractivity contribution in [2.45, 2.75) is 13.5 Å². The smallest absolute Gasteiger partial charge is 0.269 e. The Kier molecular flexibility index (Phi) is 5.86. The Morgan fingerprint density at radius 3 is 2.55 bits per heavy atom. The fraction of sp³-hybridized carbons (Fsp3) is 0.125. The summed E-state index contributed by atoms with van der Waals surface area (Å²) >= 11 is 3.49. The average Bonchev–Trinajstić information content (AvgIpc) is 3.04. The fourth-order valence-corrected chi connectivity index (χ4v) is 3.93. The lowest BCUT2D eigenvalue weighted by Gasteiger charge is -2.13.